The van der Waals surface area contributed by atoms with Crippen LogP contribution in [-0.4, -0.2) is 33.4 Å². The van der Waals surface area contributed by atoms with Crippen molar-refractivity contribution in [2.24, 2.45) is 17.1 Å². The third-order valence-electron chi connectivity index (χ3n) is 3.23. The highest BCUT2D eigenvalue weighted by atomic mass is 16.5. The molecule has 1 unspecified atom stereocenters. The van der Waals surface area contributed by atoms with E-state index in [4.69, 9.17) is 10.5 Å². The fourth-order valence-corrected chi connectivity index (χ4v) is 1.69. The first-order valence-corrected chi connectivity index (χ1v) is 6.45. The fraction of sp³-hybridized carbons (Fsp3) is 1.00. The van der Waals surface area contributed by atoms with Crippen LogP contribution in [0.25, 0.3) is 0 Å². The highest BCUT2D eigenvalue weighted by Gasteiger charge is 2.16. The summed E-state index contributed by atoms with van der Waals surface area (Å²) < 4.78 is 5.11. The van der Waals surface area contributed by atoms with E-state index >= 15 is 0 Å². The SMILES string of the molecule is CCC(CN)CCNCC(C)(C)CCOC. The van der Waals surface area contributed by atoms with Crippen LogP contribution in [0.1, 0.15) is 40.0 Å². The summed E-state index contributed by atoms with van der Waals surface area (Å²) in [6.07, 6.45) is 3.48. The number of nitrogens with one attached hydrogen (secondary N) is 1. The van der Waals surface area contributed by atoms with Crippen LogP contribution >= 0.6 is 0 Å². The van der Waals surface area contributed by atoms with Crippen molar-refractivity contribution in [2.75, 3.05) is 33.4 Å². The largest absolute Gasteiger partial charge is 0.385 e. The number of hydrogen-bond acceptors (Lipinski definition) is 3. The predicted molar refractivity (Wildman–Crippen MR) is 70.6 cm³/mol. The van der Waals surface area contributed by atoms with Crippen molar-refractivity contribution in [1.82, 2.24) is 5.32 Å². The third kappa shape index (κ3) is 8.08. The van der Waals surface area contributed by atoms with Crippen molar-refractivity contribution in [3.63, 3.8) is 0 Å². The summed E-state index contributed by atoms with van der Waals surface area (Å²) in [5.74, 6) is 0.676. The molecular formula is C13H30N2O. The summed E-state index contributed by atoms with van der Waals surface area (Å²) in [6, 6.07) is 0. The number of rotatable bonds is 10. The van der Waals surface area contributed by atoms with Crippen molar-refractivity contribution in [3.8, 4) is 0 Å². The smallest absolute Gasteiger partial charge is 0.0467 e. The molecule has 3 N–H and O–H groups in total. The lowest BCUT2D eigenvalue weighted by atomic mass is 9.89. The van der Waals surface area contributed by atoms with Gasteiger partial charge in [-0.05, 0) is 37.3 Å². The molecule has 3 heteroatoms. The van der Waals surface area contributed by atoms with Crippen LogP contribution in [0.5, 0.6) is 0 Å². The molecule has 98 valence electrons. The van der Waals surface area contributed by atoms with Gasteiger partial charge in [-0.15, -0.1) is 0 Å². The fourth-order valence-electron chi connectivity index (χ4n) is 1.69. The topological polar surface area (TPSA) is 47.3 Å². The molecule has 0 aliphatic carbocycles. The Morgan fingerprint density at radius 2 is 2.06 bits per heavy atom. The molecule has 0 spiro atoms. The van der Waals surface area contributed by atoms with Crippen LogP contribution in [0.15, 0.2) is 0 Å². The highest BCUT2D eigenvalue weighted by Crippen LogP contribution is 2.18. The quantitative estimate of drug-likeness (QED) is 0.564. The van der Waals surface area contributed by atoms with Gasteiger partial charge in [0.2, 0.25) is 0 Å². The van der Waals surface area contributed by atoms with Crippen LogP contribution in [-0.2, 0) is 4.74 Å². The first-order chi connectivity index (χ1) is 7.55. The van der Waals surface area contributed by atoms with E-state index in [2.05, 4.69) is 26.1 Å². The predicted octanol–water partition coefficient (Wildman–Crippen LogP) is 2.01. The van der Waals surface area contributed by atoms with E-state index in [0.717, 1.165) is 32.7 Å². The Morgan fingerprint density at radius 1 is 1.38 bits per heavy atom. The average molecular weight is 230 g/mol. The summed E-state index contributed by atoms with van der Waals surface area (Å²) in [7, 11) is 1.76. The first kappa shape index (κ1) is 15.9. The summed E-state index contributed by atoms with van der Waals surface area (Å²) >= 11 is 0. The minimum Gasteiger partial charge on any atom is -0.385 e. The van der Waals surface area contributed by atoms with Gasteiger partial charge in [0.25, 0.3) is 0 Å². The Morgan fingerprint density at radius 3 is 2.56 bits per heavy atom. The molecule has 0 fully saturated rings. The lowest BCUT2D eigenvalue weighted by molar-refractivity contribution is 0.150. The molecular weight excluding hydrogens is 200 g/mol. The Balaban J connectivity index is 3.56. The molecule has 0 aliphatic heterocycles. The molecule has 0 saturated heterocycles. The van der Waals surface area contributed by atoms with Crippen LogP contribution in [0.2, 0.25) is 0 Å². The van der Waals surface area contributed by atoms with E-state index < -0.39 is 0 Å². The van der Waals surface area contributed by atoms with Crippen molar-refractivity contribution in [2.45, 2.75) is 40.0 Å². The number of hydrogen-bond donors (Lipinski definition) is 2. The molecule has 0 bridgehead atoms. The van der Waals surface area contributed by atoms with Crippen LogP contribution in [0.3, 0.4) is 0 Å². The average Bonchev–Trinajstić information content (AvgIpc) is 2.27. The first-order valence-electron chi connectivity index (χ1n) is 6.45. The monoisotopic (exact) mass is 230 g/mol. The van der Waals surface area contributed by atoms with E-state index in [1.54, 1.807) is 7.11 Å². The maximum Gasteiger partial charge on any atom is 0.0467 e. The van der Waals surface area contributed by atoms with Crippen molar-refractivity contribution in [3.05, 3.63) is 0 Å². The van der Waals surface area contributed by atoms with E-state index in [9.17, 15) is 0 Å². The van der Waals surface area contributed by atoms with Gasteiger partial charge in [0.1, 0.15) is 0 Å². The van der Waals surface area contributed by atoms with E-state index in [0.29, 0.717) is 11.3 Å². The lowest BCUT2D eigenvalue weighted by Crippen LogP contribution is -2.32. The van der Waals surface area contributed by atoms with Crippen molar-refractivity contribution >= 4 is 0 Å². The summed E-state index contributed by atoms with van der Waals surface area (Å²) in [6.45, 7) is 10.5. The second-order valence-corrected chi connectivity index (χ2v) is 5.38. The molecule has 0 aliphatic rings. The molecule has 0 amide bonds. The van der Waals surface area contributed by atoms with Crippen molar-refractivity contribution < 1.29 is 4.74 Å². The van der Waals surface area contributed by atoms with Gasteiger partial charge in [0.05, 0.1) is 0 Å². The molecule has 16 heavy (non-hydrogen) atoms. The highest BCUT2D eigenvalue weighted by molar-refractivity contribution is 4.71. The van der Waals surface area contributed by atoms with E-state index in [1.165, 1.54) is 12.8 Å². The number of methoxy groups -OCH3 is 1. The minimum atomic E-state index is 0.320. The van der Waals surface area contributed by atoms with Gasteiger partial charge in [-0.2, -0.15) is 0 Å². The van der Waals surface area contributed by atoms with Crippen molar-refractivity contribution in [1.29, 1.82) is 0 Å². The molecule has 3 nitrogen and oxygen atoms in total. The van der Waals surface area contributed by atoms with Gasteiger partial charge >= 0.3 is 0 Å². The Bertz CT molecular complexity index is 156. The van der Waals surface area contributed by atoms with Gasteiger partial charge in [-0.25, -0.2) is 0 Å². The summed E-state index contributed by atoms with van der Waals surface area (Å²) in [5, 5.41) is 3.52. The molecule has 0 saturated carbocycles. The van der Waals surface area contributed by atoms with Gasteiger partial charge in [-0.3, -0.25) is 0 Å². The zero-order chi connectivity index (χ0) is 12.4. The standard InChI is InChI=1S/C13H30N2O/c1-5-12(10-14)6-8-15-11-13(2,3)7-9-16-4/h12,15H,5-11,14H2,1-4H3. The van der Waals surface area contributed by atoms with E-state index in [-0.39, 0.29) is 0 Å². The number of ether oxygens (including phenoxy) is 1. The lowest BCUT2D eigenvalue weighted by Gasteiger charge is -2.25. The maximum absolute atomic E-state index is 5.67. The minimum absolute atomic E-state index is 0.320. The van der Waals surface area contributed by atoms with Crippen LogP contribution in [0, 0.1) is 11.3 Å². The van der Waals surface area contributed by atoms with Gasteiger partial charge in [0.15, 0.2) is 0 Å². The van der Waals surface area contributed by atoms with Crippen LogP contribution < -0.4 is 11.1 Å². The molecule has 0 rings (SSSR count). The Kier molecular flexibility index (Phi) is 8.90. The normalized spacial score (nSPS) is 14.1. The summed E-state index contributed by atoms with van der Waals surface area (Å²) in [4.78, 5) is 0. The molecule has 1 atom stereocenters. The molecule has 0 heterocycles. The second-order valence-electron chi connectivity index (χ2n) is 5.38. The van der Waals surface area contributed by atoms with E-state index in [1.807, 2.05) is 0 Å². The zero-order valence-corrected chi connectivity index (χ0v) is 11.5. The zero-order valence-electron chi connectivity index (χ0n) is 11.5. The molecule has 0 aromatic rings. The second kappa shape index (κ2) is 8.97. The maximum atomic E-state index is 5.67. The Labute approximate surface area is 101 Å². The van der Waals surface area contributed by atoms with Crippen LogP contribution in [0.4, 0.5) is 0 Å². The van der Waals surface area contributed by atoms with Gasteiger partial charge < -0.3 is 15.8 Å². The van der Waals surface area contributed by atoms with Gasteiger partial charge in [-0.1, -0.05) is 27.2 Å². The third-order valence-corrected chi connectivity index (χ3v) is 3.23. The summed E-state index contributed by atoms with van der Waals surface area (Å²) in [5.41, 5.74) is 5.99. The molecule has 0 aromatic carbocycles. The Hall–Kier alpha value is -0.120. The molecule has 0 aromatic heterocycles. The number of nitrogens with two attached hydrogens (primary N) is 1. The molecule has 0 radical (unpaired) electrons. The van der Waals surface area contributed by atoms with Gasteiger partial charge in [0, 0.05) is 20.3 Å².